The lowest BCUT2D eigenvalue weighted by molar-refractivity contribution is -0.194. The summed E-state index contributed by atoms with van der Waals surface area (Å²) in [5.41, 5.74) is 0. The SMILES string of the molecule is COC(C)N(C(=O)O)C(F)(F)CF. The van der Waals surface area contributed by atoms with Crippen LogP contribution >= 0.6 is 0 Å². The van der Waals surface area contributed by atoms with Crippen molar-refractivity contribution in [1.82, 2.24) is 4.90 Å². The van der Waals surface area contributed by atoms with Crippen molar-refractivity contribution in [2.24, 2.45) is 0 Å². The number of halogens is 3. The minimum absolute atomic E-state index is 0.382. The Morgan fingerprint density at radius 1 is 1.69 bits per heavy atom. The Bertz CT molecular complexity index is 188. The zero-order valence-corrected chi connectivity index (χ0v) is 7.13. The number of rotatable bonds is 4. The Kier molecular flexibility index (Phi) is 3.99. The second-order valence-corrected chi connectivity index (χ2v) is 2.29. The molecule has 0 spiro atoms. The molecule has 0 aliphatic heterocycles. The van der Waals surface area contributed by atoms with E-state index in [2.05, 4.69) is 4.74 Å². The molecule has 7 heteroatoms. The molecule has 0 bridgehead atoms. The van der Waals surface area contributed by atoms with E-state index >= 15 is 0 Å². The molecule has 0 fully saturated rings. The standard InChI is InChI=1S/C6H10F3NO3/c1-4(13-2)10(5(11)12)6(8,9)3-7/h4H,3H2,1-2H3,(H,11,12). The van der Waals surface area contributed by atoms with Crippen LogP contribution in [0.15, 0.2) is 0 Å². The van der Waals surface area contributed by atoms with Gasteiger partial charge in [-0.05, 0) is 6.92 Å². The molecule has 0 aromatic rings. The fraction of sp³-hybridized carbons (Fsp3) is 0.833. The van der Waals surface area contributed by atoms with E-state index in [1.165, 1.54) is 0 Å². The number of amides is 1. The molecular weight excluding hydrogens is 191 g/mol. The topological polar surface area (TPSA) is 49.8 Å². The summed E-state index contributed by atoms with van der Waals surface area (Å²) in [5, 5.41) is 8.34. The number of alkyl halides is 3. The van der Waals surface area contributed by atoms with Gasteiger partial charge in [0.25, 0.3) is 0 Å². The van der Waals surface area contributed by atoms with Gasteiger partial charge in [-0.15, -0.1) is 0 Å². The third-order valence-corrected chi connectivity index (χ3v) is 1.42. The molecule has 0 saturated heterocycles. The Morgan fingerprint density at radius 3 is 2.38 bits per heavy atom. The fourth-order valence-corrected chi connectivity index (χ4v) is 0.731. The number of carbonyl (C=O) groups is 1. The van der Waals surface area contributed by atoms with Gasteiger partial charge in [-0.3, -0.25) is 0 Å². The summed E-state index contributed by atoms with van der Waals surface area (Å²) in [6.07, 6.45) is -3.33. The van der Waals surface area contributed by atoms with Crippen LogP contribution in [0.4, 0.5) is 18.0 Å². The van der Waals surface area contributed by atoms with Crippen molar-refractivity contribution in [3.05, 3.63) is 0 Å². The van der Waals surface area contributed by atoms with E-state index in [4.69, 9.17) is 5.11 Å². The summed E-state index contributed by atoms with van der Waals surface area (Å²) >= 11 is 0. The lowest BCUT2D eigenvalue weighted by Gasteiger charge is -2.30. The van der Waals surface area contributed by atoms with Crippen LogP contribution in [0.2, 0.25) is 0 Å². The van der Waals surface area contributed by atoms with Crippen molar-refractivity contribution in [2.45, 2.75) is 19.2 Å². The smallest absolute Gasteiger partial charge is 0.414 e. The van der Waals surface area contributed by atoms with Crippen LogP contribution in [0.3, 0.4) is 0 Å². The number of nitrogens with zero attached hydrogens (tertiary/aromatic N) is 1. The maximum Gasteiger partial charge on any atom is 0.414 e. The van der Waals surface area contributed by atoms with Crippen LogP contribution in [0, 0.1) is 0 Å². The largest absolute Gasteiger partial charge is 0.465 e. The van der Waals surface area contributed by atoms with Gasteiger partial charge in [-0.1, -0.05) is 0 Å². The summed E-state index contributed by atoms with van der Waals surface area (Å²) in [6, 6.07) is -4.05. The zero-order chi connectivity index (χ0) is 10.6. The molecule has 1 amide bonds. The Labute approximate surface area is 72.9 Å². The van der Waals surface area contributed by atoms with Crippen LogP contribution in [0.5, 0.6) is 0 Å². The van der Waals surface area contributed by atoms with E-state index in [-0.39, 0.29) is 4.90 Å². The number of hydrogen-bond donors (Lipinski definition) is 1. The molecule has 0 aliphatic rings. The van der Waals surface area contributed by atoms with Crippen molar-refractivity contribution in [3.63, 3.8) is 0 Å². The van der Waals surface area contributed by atoms with E-state index < -0.39 is 25.0 Å². The van der Waals surface area contributed by atoms with Gasteiger partial charge in [0.2, 0.25) is 0 Å². The third kappa shape index (κ3) is 2.76. The highest BCUT2D eigenvalue weighted by atomic mass is 19.3. The number of carboxylic acid groups (broad SMARTS) is 1. The molecule has 0 aliphatic carbocycles. The summed E-state index contributed by atoms with van der Waals surface area (Å²) in [4.78, 5) is 9.92. The molecule has 0 aromatic carbocycles. The molecule has 0 radical (unpaired) electrons. The second kappa shape index (κ2) is 4.31. The number of hydrogen-bond acceptors (Lipinski definition) is 2. The Balaban J connectivity index is 4.70. The third-order valence-electron chi connectivity index (χ3n) is 1.42. The summed E-state index contributed by atoms with van der Waals surface area (Å²) in [7, 11) is 1.05. The van der Waals surface area contributed by atoms with Crippen LogP contribution in [0.1, 0.15) is 6.92 Å². The monoisotopic (exact) mass is 201 g/mol. The van der Waals surface area contributed by atoms with Gasteiger partial charge in [0.15, 0.2) is 6.67 Å². The maximum atomic E-state index is 12.6. The predicted octanol–water partition coefficient (Wildman–Crippen LogP) is 1.52. The molecule has 0 rings (SSSR count). The Morgan fingerprint density at radius 2 is 2.15 bits per heavy atom. The van der Waals surface area contributed by atoms with E-state index in [0.29, 0.717) is 0 Å². The van der Waals surface area contributed by atoms with Crippen molar-refractivity contribution < 1.29 is 27.8 Å². The molecule has 13 heavy (non-hydrogen) atoms. The van der Waals surface area contributed by atoms with Crippen LogP contribution < -0.4 is 0 Å². The molecule has 4 nitrogen and oxygen atoms in total. The second-order valence-electron chi connectivity index (χ2n) is 2.29. The summed E-state index contributed by atoms with van der Waals surface area (Å²) in [6.45, 7) is -0.995. The van der Waals surface area contributed by atoms with Gasteiger partial charge in [0.1, 0.15) is 6.23 Å². The van der Waals surface area contributed by atoms with Crippen molar-refractivity contribution in [3.8, 4) is 0 Å². The van der Waals surface area contributed by atoms with Gasteiger partial charge in [0, 0.05) is 7.11 Å². The van der Waals surface area contributed by atoms with Gasteiger partial charge >= 0.3 is 12.1 Å². The zero-order valence-electron chi connectivity index (χ0n) is 7.13. The maximum absolute atomic E-state index is 12.6. The predicted molar refractivity (Wildman–Crippen MR) is 37.3 cm³/mol. The van der Waals surface area contributed by atoms with Crippen molar-refractivity contribution in [1.29, 1.82) is 0 Å². The van der Waals surface area contributed by atoms with E-state index in [1.54, 1.807) is 0 Å². The molecule has 1 N–H and O–H groups in total. The van der Waals surface area contributed by atoms with Gasteiger partial charge in [-0.25, -0.2) is 14.1 Å². The highest BCUT2D eigenvalue weighted by Gasteiger charge is 2.44. The normalized spacial score (nSPS) is 13.9. The van der Waals surface area contributed by atoms with Gasteiger partial charge in [0.05, 0.1) is 0 Å². The molecule has 1 atom stereocenters. The molecule has 0 saturated carbocycles. The van der Waals surface area contributed by atoms with Crippen LogP contribution in [-0.2, 0) is 4.74 Å². The van der Waals surface area contributed by atoms with Crippen LogP contribution in [-0.4, -0.2) is 42.2 Å². The van der Waals surface area contributed by atoms with Gasteiger partial charge < -0.3 is 9.84 Å². The average molecular weight is 201 g/mol. The van der Waals surface area contributed by atoms with Crippen molar-refractivity contribution in [2.75, 3.05) is 13.8 Å². The molecular formula is C6H10F3NO3. The first kappa shape index (κ1) is 12.0. The number of ether oxygens (including phenoxy) is 1. The lowest BCUT2D eigenvalue weighted by Crippen LogP contribution is -2.52. The molecule has 1 unspecified atom stereocenters. The molecule has 0 aromatic heterocycles. The average Bonchev–Trinajstić information content (AvgIpc) is 2.03. The highest BCUT2D eigenvalue weighted by Crippen LogP contribution is 2.23. The van der Waals surface area contributed by atoms with E-state index in [9.17, 15) is 18.0 Å². The lowest BCUT2D eigenvalue weighted by atomic mass is 10.4. The quantitative estimate of drug-likeness (QED) is 0.554. The first-order valence-electron chi connectivity index (χ1n) is 3.35. The summed E-state index contributed by atoms with van der Waals surface area (Å²) in [5.74, 6) is 0. The minimum atomic E-state index is -4.05. The molecule has 78 valence electrons. The van der Waals surface area contributed by atoms with E-state index in [0.717, 1.165) is 14.0 Å². The highest BCUT2D eigenvalue weighted by molar-refractivity contribution is 5.65. The van der Waals surface area contributed by atoms with Gasteiger partial charge in [-0.2, -0.15) is 8.78 Å². The fourth-order valence-electron chi connectivity index (χ4n) is 0.731. The minimum Gasteiger partial charge on any atom is -0.465 e. The first-order valence-corrected chi connectivity index (χ1v) is 3.35. The summed E-state index contributed by atoms with van der Waals surface area (Å²) < 4.78 is 41.3. The van der Waals surface area contributed by atoms with E-state index in [1.807, 2.05) is 0 Å². The number of methoxy groups -OCH3 is 1. The van der Waals surface area contributed by atoms with Crippen LogP contribution in [0.25, 0.3) is 0 Å². The Hall–Kier alpha value is -0.980. The first-order chi connectivity index (χ1) is 5.86. The molecule has 0 heterocycles. The van der Waals surface area contributed by atoms with Crippen molar-refractivity contribution >= 4 is 6.09 Å².